The summed E-state index contributed by atoms with van der Waals surface area (Å²) in [6.45, 7) is 5.49. The number of nitrogens with zero attached hydrogens (tertiary/aromatic N) is 4. The molecule has 0 fully saturated rings. The third-order valence-electron chi connectivity index (χ3n) is 3.51. The Balaban J connectivity index is 2.25. The van der Waals surface area contributed by atoms with E-state index in [1.54, 1.807) is 24.9 Å². The molecule has 0 aliphatic carbocycles. The smallest absolute Gasteiger partial charge is 0.273 e. The second-order valence-corrected chi connectivity index (χ2v) is 6.03. The molecule has 0 saturated carbocycles. The maximum Gasteiger partial charge on any atom is 0.273 e. The number of hydrogen-bond donors (Lipinski definition) is 2. The van der Waals surface area contributed by atoms with E-state index in [1.807, 2.05) is 13.8 Å². The highest BCUT2D eigenvalue weighted by Gasteiger charge is 2.23. The van der Waals surface area contributed by atoms with Gasteiger partial charge in [-0.25, -0.2) is 0 Å². The summed E-state index contributed by atoms with van der Waals surface area (Å²) >= 11 is 3.45. The molecule has 2 aromatic heterocycles. The number of aryl methyl sites for hydroxylation is 2. The number of carbonyl (C=O) groups excluding carboxylic acids is 2. The van der Waals surface area contributed by atoms with Gasteiger partial charge < -0.3 is 10.6 Å². The molecule has 2 aromatic rings. The monoisotopic (exact) mass is 382 g/mol. The quantitative estimate of drug-likeness (QED) is 0.838. The Morgan fingerprint density at radius 1 is 1.30 bits per heavy atom. The van der Waals surface area contributed by atoms with Crippen LogP contribution >= 0.6 is 15.9 Å². The van der Waals surface area contributed by atoms with Crippen LogP contribution in [-0.4, -0.2) is 38.4 Å². The summed E-state index contributed by atoms with van der Waals surface area (Å²) in [7, 11) is 3.20. The highest BCUT2D eigenvalue weighted by atomic mass is 79.9. The van der Waals surface area contributed by atoms with Crippen molar-refractivity contribution in [3.05, 3.63) is 27.8 Å². The van der Waals surface area contributed by atoms with Crippen LogP contribution in [0.15, 0.2) is 10.7 Å². The number of halogens is 1. The van der Waals surface area contributed by atoms with Gasteiger partial charge in [0.1, 0.15) is 6.04 Å². The van der Waals surface area contributed by atoms with Crippen LogP contribution in [0.5, 0.6) is 0 Å². The first-order valence-electron chi connectivity index (χ1n) is 7.04. The fraction of sp³-hybridized carbons (Fsp3) is 0.429. The van der Waals surface area contributed by atoms with Crippen molar-refractivity contribution in [2.24, 2.45) is 7.05 Å². The standard InChI is InChI=1S/C14H19BrN6O2/c1-7-11(15)8(2)21(18-7)9(3)13(22)17-10-6-20(5)19-12(10)14(23)16-4/h6,9H,1-5H3,(H,16,23)(H,17,22). The number of nitrogens with one attached hydrogen (secondary N) is 2. The Bertz CT molecular complexity index is 764. The molecule has 2 rings (SSSR count). The van der Waals surface area contributed by atoms with Crippen LogP contribution in [0.1, 0.15) is 34.8 Å². The van der Waals surface area contributed by atoms with E-state index < -0.39 is 6.04 Å². The molecule has 2 N–H and O–H groups in total. The first kappa shape index (κ1) is 17.2. The minimum absolute atomic E-state index is 0.171. The van der Waals surface area contributed by atoms with Crippen molar-refractivity contribution >= 4 is 33.4 Å². The lowest BCUT2D eigenvalue weighted by Gasteiger charge is -2.14. The van der Waals surface area contributed by atoms with Crippen LogP contribution in [0.4, 0.5) is 5.69 Å². The molecule has 0 radical (unpaired) electrons. The Hall–Kier alpha value is -2.16. The molecule has 0 aliphatic heterocycles. The van der Waals surface area contributed by atoms with Gasteiger partial charge in [-0.15, -0.1) is 0 Å². The van der Waals surface area contributed by atoms with Crippen molar-refractivity contribution in [3.8, 4) is 0 Å². The minimum atomic E-state index is -0.530. The average Bonchev–Trinajstić information content (AvgIpc) is 3.00. The number of aromatic nitrogens is 4. The molecule has 1 unspecified atom stereocenters. The van der Waals surface area contributed by atoms with Gasteiger partial charge in [0.05, 0.1) is 21.5 Å². The van der Waals surface area contributed by atoms with Gasteiger partial charge in [0, 0.05) is 20.3 Å². The normalized spacial score (nSPS) is 12.1. The molecule has 0 aliphatic rings. The second-order valence-electron chi connectivity index (χ2n) is 5.24. The van der Waals surface area contributed by atoms with E-state index in [9.17, 15) is 9.59 Å². The summed E-state index contributed by atoms with van der Waals surface area (Å²) in [5, 5.41) is 13.7. The summed E-state index contributed by atoms with van der Waals surface area (Å²) in [5.74, 6) is -0.635. The fourth-order valence-electron chi connectivity index (χ4n) is 2.23. The van der Waals surface area contributed by atoms with Crippen LogP contribution in [0.25, 0.3) is 0 Å². The van der Waals surface area contributed by atoms with Crippen molar-refractivity contribution in [2.45, 2.75) is 26.8 Å². The van der Waals surface area contributed by atoms with Crippen molar-refractivity contribution in [2.75, 3.05) is 12.4 Å². The second kappa shape index (κ2) is 6.53. The third-order valence-corrected chi connectivity index (χ3v) is 4.66. The van der Waals surface area contributed by atoms with Crippen LogP contribution in [0, 0.1) is 13.8 Å². The van der Waals surface area contributed by atoms with Gasteiger partial charge in [-0.3, -0.25) is 19.0 Å². The van der Waals surface area contributed by atoms with Crippen LogP contribution < -0.4 is 10.6 Å². The number of anilines is 1. The molecular formula is C14H19BrN6O2. The zero-order chi connectivity index (χ0) is 17.3. The lowest BCUT2D eigenvalue weighted by Crippen LogP contribution is -2.27. The van der Waals surface area contributed by atoms with Gasteiger partial charge in [0.25, 0.3) is 5.91 Å². The molecule has 1 atom stereocenters. The molecule has 8 nitrogen and oxygen atoms in total. The van der Waals surface area contributed by atoms with E-state index >= 15 is 0 Å². The summed E-state index contributed by atoms with van der Waals surface area (Å²) in [4.78, 5) is 24.3. The van der Waals surface area contributed by atoms with Gasteiger partial charge in [-0.1, -0.05) is 0 Å². The molecule has 2 amide bonds. The lowest BCUT2D eigenvalue weighted by atomic mass is 10.2. The Labute approximate surface area is 142 Å². The van der Waals surface area contributed by atoms with Crippen molar-refractivity contribution in [3.63, 3.8) is 0 Å². The van der Waals surface area contributed by atoms with Gasteiger partial charge in [0.2, 0.25) is 5.91 Å². The Kier molecular flexibility index (Phi) is 4.88. The molecule has 23 heavy (non-hydrogen) atoms. The molecule has 0 saturated heterocycles. The van der Waals surface area contributed by atoms with Crippen LogP contribution in [-0.2, 0) is 11.8 Å². The topological polar surface area (TPSA) is 93.8 Å². The number of hydrogen-bond acceptors (Lipinski definition) is 4. The highest BCUT2D eigenvalue weighted by Crippen LogP contribution is 2.24. The summed E-state index contributed by atoms with van der Waals surface area (Å²) in [5.41, 5.74) is 2.21. The first-order valence-corrected chi connectivity index (χ1v) is 7.83. The van der Waals surface area contributed by atoms with Gasteiger partial charge in [-0.05, 0) is 36.7 Å². The van der Waals surface area contributed by atoms with Crippen LogP contribution in [0.3, 0.4) is 0 Å². The average molecular weight is 383 g/mol. The molecule has 9 heteroatoms. The molecule has 0 aromatic carbocycles. The number of rotatable bonds is 4. The Morgan fingerprint density at radius 3 is 2.48 bits per heavy atom. The fourth-order valence-corrected chi connectivity index (χ4v) is 2.50. The zero-order valence-electron chi connectivity index (χ0n) is 13.6. The largest absolute Gasteiger partial charge is 0.354 e. The number of amides is 2. The molecule has 2 heterocycles. The summed E-state index contributed by atoms with van der Waals surface area (Å²) in [6, 6.07) is -0.530. The van der Waals surface area contributed by atoms with E-state index in [1.165, 1.54) is 11.7 Å². The maximum atomic E-state index is 12.5. The maximum absolute atomic E-state index is 12.5. The third kappa shape index (κ3) is 3.29. The van der Waals surface area contributed by atoms with Gasteiger partial charge in [0.15, 0.2) is 5.69 Å². The number of carbonyl (C=O) groups is 2. The minimum Gasteiger partial charge on any atom is -0.354 e. The van der Waals surface area contributed by atoms with Gasteiger partial charge in [-0.2, -0.15) is 10.2 Å². The van der Waals surface area contributed by atoms with E-state index in [0.717, 1.165) is 15.9 Å². The molecule has 0 spiro atoms. The Morgan fingerprint density at radius 2 is 1.96 bits per heavy atom. The zero-order valence-corrected chi connectivity index (χ0v) is 15.2. The highest BCUT2D eigenvalue weighted by molar-refractivity contribution is 9.10. The summed E-state index contributed by atoms with van der Waals surface area (Å²) in [6.07, 6.45) is 1.59. The molecular weight excluding hydrogens is 364 g/mol. The summed E-state index contributed by atoms with van der Waals surface area (Å²) < 4.78 is 4.00. The van der Waals surface area contributed by atoms with Crippen molar-refractivity contribution < 1.29 is 9.59 Å². The first-order chi connectivity index (χ1) is 10.8. The van der Waals surface area contributed by atoms with Crippen molar-refractivity contribution in [1.29, 1.82) is 0 Å². The van der Waals surface area contributed by atoms with Crippen molar-refractivity contribution in [1.82, 2.24) is 24.9 Å². The van der Waals surface area contributed by atoms with E-state index in [-0.39, 0.29) is 17.5 Å². The predicted octanol–water partition coefficient (Wildman–Crippen LogP) is 1.56. The predicted molar refractivity (Wildman–Crippen MR) is 89.3 cm³/mol. The lowest BCUT2D eigenvalue weighted by molar-refractivity contribution is -0.119. The molecule has 124 valence electrons. The van der Waals surface area contributed by atoms with E-state index in [4.69, 9.17) is 0 Å². The van der Waals surface area contributed by atoms with E-state index in [0.29, 0.717) is 5.69 Å². The van der Waals surface area contributed by atoms with Crippen LogP contribution in [0.2, 0.25) is 0 Å². The van der Waals surface area contributed by atoms with E-state index in [2.05, 4.69) is 36.8 Å². The SMILES string of the molecule is CNC(=O)c1nn(C)cc1NC(=O)C(C)n1nc(C)c(Br)c1C. The van der Waals surface area contributed by atoms with Gasteiger partial charge >= 0.3 is 0 Å². The molecule has 0 bridgehead atoms.